The molecule has 0 aliphatic rings. The van der Waals surface area contributed by atoms with Crippen molar-refractivity contribution >= 4 is 9.84 Å². The topological polar surface area (TPSA) is 59.9 Å². The molecule has 4 nitrogen and oxygen atoms in total. The quantitative estimate of drug-likeness (QED) is 0.634. The summed E-state index contributed by atoms with van der Waals surface area (Å²) in [5.74, 6) is 0.549. The van der Waals surface area contributed by atoms with Crippen LogP contribution in [0.3, 0.4) is 0 Å². The minimum atomic E-state index is -3.17. The molecule has 0 saturated carbocycles. The summed E-state index contributed by atoms with van der Waals surface area (Å²) in [5.41, 5.74) is 0. The van der Waals surface area contributed by atoms with Crippen LogP contribution >= 0.6 is 0 Å². The predicted octanol–water partition coefficient (Wildman–Crippen LogP) is 0.579. The lowest BCUT2D eigenvalue weighted by Gasteiger charge is -1.99. The minimum Gasteiger partial charge on any atom is -0.242 e. The zero-order valence-electron chi connectivity index (χ0n) is 6.98. The first-order valence-corrected chi connectivity index (χ1v) is 5.24. The average Bonchev–Trinajstić information content (AvgIpc) is 2.05. The molecule has 1 rings (SSSR count). The van der Waals surface area contributed by atoms with Crippen molar-refractivity contribution in [3.05, 3.63) is 18.1 Å². The van der Waals surface area contributed by atoms with Gasteiger partial charge in [-0.15, -0.1) is 0 Å². The summed E-state index contributed by atoms with van der Waals surface area (Å²) < 4.78 is 22.5. The van der Waals surface area contributed by atoms with Crippen molar-refractivity contribution in [3.8, 4) is 0 Å². The van der Waals surface area contributed by atoms with Gasteiger partial charge in [-0.1, -0.05) is 6.92 Å². The van der Waals surface area contributed by atoms with E-state index in [0.29, 0.717) is 5.82 Å². The predicted molar refractivity (Wildman–Crippen MR) is 44.5 cm³/mol. The number of aryl methyl sites for hydroxylation is 1. The maximum absolute atomic E-state index is 11.3. The smallest absolute Gasteiger partial charge is 0.195 e. The Hall–Kier alpha value is -0.970. The van der Waals surface area contributed by atoms with Crippen LogP contribution < -0.4 is 0 Å². The van der Waals surface area contributed by atoms with Crippen LogP contribution in [0.15, 0.2) is 17.3 Å². The molecule has 66 valence electrons. The van der Waals surface area contributed by atoms with Gasteiger partial charge in [0, 0.05) is 6.20 Å². The lowest BCUT2D eigenvalue weighted by molar-refractivity contribution is 0.592. The van der Waals surface area contributed by atoms with E-state index in [9.17, 15) is 8.42 Å². The van der Waals surface area contributed by atoms with Crippen LogP contribution in [0.25, 0.3) is 0 Å². The molecule has 0 spiro atoms. The Balaban J connectivity index is 3.21. The molecule has 0 bridgehead atoms. The van der Waals surface area contributed by atoms with Crippen molar-refractivity contribution in [3.63, 3.8) is 0 Å². The normalized spacial score (nSPS) is 11.5. The van der Waals surface area contributed by atoms with E-state index in [4.69, 9.17) is 0 Å². The second-order valence-corrected chi connectivity index (χ2v) is 4.57. The largest absolute Gasteiger partial charge is 0.242 e. The molecule has 0 N–H and O–H groups in total. The van der Waals surface area contributed by atoms with Crippen LogP contribution in [0.2, 0.25) is 0 Å². The number of sulfone groups is 1. The lowest BCUT2D eigenvalue weighted by atomic mass is 10.6. The molecule has 5 heteroatoms. The van der Waals surface area contributed by atoms with E-state index in [0.717, 1.165) is 0 Å². The Bertz CT molecular complexity index is 373. The molecule has 12 heavy (non-hydrogen) atoms. The first kappa shape index (κ1) is 9.12. The monoisotopic (exact) mass is 186 g/mol. The van der Waals surface area contributed by atoms with Crippen LogP contribution in [0.5, 0.6) is 0 Å². The van der Waals surface area contributed by atoms with Gasteiger partial charge >= 0.3 is 0 Å². The third-order valence-corrected chi connectivity index (χ3v) is 3.07. The molecule has 0 unspecified atom stereocenters. The van der Waals surface area contributed by atoms with E-state index in [-0.39, 0.29) is 10.8 Å². The van der Waals surface area contributed by atoms with Crippen LogP contribution in [-0.4, -0.2) is 24.1 Å². The van der Waals surface area contributed by atoms with Gasteiger partial charge in [0.05, 0.1) is 5.75 Å². The zero-order valence-corrected chi connectivity index (χ0v) is 7.80. The van der Waals surface area contributed by atoms with E-state index in [1.807, 2.05) is 0 Å². The lowest BCUT2D eigenvalue weighted by Crippen LogP contribution is -2.07. The SMILES string of the molecule is CCS(=O)(=O)c1ccnc(C)n1. The maximum Gasteiger partial charge on any atom is 0.195 e. The Morgan fingerprint density at radius 2 is 2.17 bits per heavy atom. The Morgan fingerprint density at radius 3 is 2.67 bits per heavy atom. The maximum atomic E-state index is 11.3. The van der Waals surface area contributed by atoms with Gasteiger partial charge in [-0.2, -0.15) is 0 Å². The van der Waals surface area contributed by atoms with Gasteiger partial charge in [0.25, 0.3) is 0 Å². The highest BCUT2D eigenvalue weighted by molar-refractivity contribution is 7.91. The summed E-state index contributed by atoms with van der Waals surface area (Å²) in [6, 6.07) is 1.41. The average molecular weight is 186 g/mol. The molecular weight excluding hydrogens is 176 g/mol. The number of nitrogens with zero attached hydrogens (tertiary/aromatic N) is 2. The number of hydrogen-bond acceptors (Lipinski definition) is 4. The van der Waals surface area contributed by atoms with E-state index in [1.165, 1.54) is 12.3 Å². The molecule has 0 radical (unpaired) electrons. The van der Waals surface area contributed by atoms with Gasteiger partial charge in [-0.25, -0.2) is 18.4 Å². The molecule has 0 saturated heterocycles. The van der Waals surface area contributed by atoms with Crippen molar-refractivity contribution in [2.75, 3.05) is 5.75 Å². The minimum absolute atomic E-state index is 0.0729. The van der Waals surface area contributed by atoms with Gasteiger partial charge in [0.1, 0.15) is 5.82 Å². The summed E-state index contributed by atoms with van der Waals surface area (Å²) in [7, 11) is -3.17. The van der Waals surface area contributed by atoms with E-state index in [1.54, 1.807) is 13.8 Å². The highest BCUT2D eigenvalue weighted by Gasteiger charge is 2.12. The second kappa shape index (κ2) is 3.18. The summed E-state index contributed by atoms with van der Waals surface area (Å²) >= 11 is 0. The molecule has 0 amide bonds. The molecule has 0 aromatic carbocycles. The molecule has 1 aromatic rings. The fourth-order valence-corrected chi connectivity index (χ4v) is 1.59. The molecule has 1 aromatic heterocycles. The third kappa shape index (κ3) is 1.79. The molecule has 0 fully saturated rings. The van der Waals surface area contributed by atoms with Crippen LogP contribution in [0, 0.1) is 6.92 Å². The van der Waals surface area contributed by atoms with Crippen molar-refractivity contribution in [2.24, 2.45) is 0 Å². The molecule has 0 atom stereocenters. The molecular formula is C7H10N2O2S. The summed E-state index contributed by atoms with van der Waals surface area (Å²) in [5, 5.41) is 0.109. The van der Waals surface area contributed by atoms with Crippen molar-refractivity contribution in [2.45, 2.75) is 18.9 Å². The fourth-order valence-electron chi connectivity index (χ4n) is 0.756. The van der Waals surface area contributed by atoms with E-state index < -0.39 is 9.84 Å². The van der Waals surface area contributed by atoms with Crippen LogP contribution in [0.1, 0.15) is 12.7 Å². The van der Waals surface area contributed by atoms with Gasteiger partial charge in [0.2, 0.25) is 0 Å². The van der Waals surface area contributed by atoms with Gasteiger partial charge in [-0.05, 0) is 13.0 Å². The number of aromatic nitrogens is 2. The van der Waals surface area contributed by atoms with Gasteiger partial charge in [-0.3, -0.25) is 0 Å². The van der Waals surface area contributed by atoms with Gasteiger partial charge < -0.3 is 0 Å². The Morgan fingerprint density at radius 1 is 1.50 bits per heavy atom. The summed E-state index contributed by atoms with van der Waals surface area (Å²) in [6.45, 7) is 3.25. The van der Waals surface area contributed by atoms with Gasteiger partial charge in [0.15, 0.2) is 14.9 Å². The highest BCUT2D eigenvalue weighted by atomic mass is 32.2. The Kier molecular flexibility index (Phi) is 2.42. The van der Waals surface area contributed by atoms with Crippen LogP contribution in [-0.2, 0) is 9.84 Å². The Labute approximate surface area is 71.6 Å². The number of rotatable bonds is 2. The summed E-state index contributed by atoms with van der Waals surface area (Å²) in [6.07, 6.45) is 1.45. The molecule has 0 aliphatic carbocycles. The third-order valence-electron chi connectivity index (χ3n) is 1.45. The van der Waals surface area contributed by atoms with E-state index >= 15 is 0 Å². The van der Waals surface area contributed by atoms with E-state index in [2.05, 4.69) is 9.97 Å². The fraction of sp³-hybridized carbons (Fsp3) is 0.429. The summed E-state index contributed by atoms with van der Waals surface area (Å²) in [4.78, 5) is 7.63. The highest BCUT2D eigenvalue weighted by Crippen LogP contribution is 2.05. The van der Waals surface area contributed by atoms with Crippen LogP contribution in [0.4, 0.5) is 0 Å². The first-order valence-electron chi connectivity index (χ1n) is 3.58. The first-order chi connectivity index (χ1) is 5.56. The van der Waals surface area contributed by atoms with Crippen molar-refractivity contribution < 1.29 is 8.42 Å². The number of hydrogen-bond donors (Lipinski definition) is 0. The zero-order chi connectivity index (χ0) is 9.19. The molecule has 1 heterocycles. The second-order valence-electron chi connectivity index (χ2n) is 2.35. The standard InChI is InChI=1S/C7H10N2O2S/c1-3-12(10,11)7-4-5-8-6(2)9-7/h4-5H,3H2,1-2H3. The molecule has 0 aliphatic heterocycles. The van der Waals surface area contributed by atoms with Crippen molar-refractivity contribution in [1.82, 2.24) is 9.97 Å². The van der Waals surface area contributed by atoms with Crippen molar-refractivity contribution in [1.29, 1.82) is 0 Å².